The Morgan fingerprint density at radius 2 is 2.21 bits per heavy atom. The summed E-state index contributed by atoms with van der Waals surface area (Å²) in [6, 6.07) is 0. The normalized spacial score (nSPS) is 28.6. The summed E-state index contributed by atoms with van der Waals surface area (Å²) in [4.78, 5) is 0.687. The van der Waals surface area contributed by atoms with Gasteiger partial charge in [-0.3, -0.25) is 0 Å². The molecule has 0 radical (unpaired) electrons. The molecule has 14 heavy (non-hydrogen) atoms. The van der Waals surface area contributed by atoms with Crippen LogP contribution in [-0.4, -0.2) is 13.6 Å². The zero-order chi connectivity index (χ0) is 9.80. The van der Waals surface area contributed by atoms with Crippen molar-refractivity contribution in [3.8, 4) is 0 Å². The van der Waals surface area contributed by atoms with Crippen molar-refractivity contribution < 1.29 is 0 Å². The maximum atomic E-state index is 4.29. The fourth-order valence-corrected chi connectivity index (χ4v) is 3.33. The van der Waals surface area contributed by atoms with E-state index in [4.69, 9.17) is 0 Å². The topological polar surface area (TPSA) is 25.8 Å². The quantitative estimate of drug-likeness (QED) is 0.610. The minimum absolute atomic E-state index is 0.687. The first-order valence-electron chi connectivity index (χ1n) is 5.27. The van der Waals surface area contributed by atoms with Crippen molar-refractivity contribution in [1.82, 2.24) is 8.75 Å². The van der Waals surface area contributed by atoms with Gasteiger partial charge in [-0.05, 0) is 25.2 Å². The Balaban J connectivity index is 1.94. The molecule has 2 unspecified atom stereocenters. The monoisotopic (exact) mass is 274 g/mol. The lowest BCUT2D eigenvalue weighted by atomic mass is 9.95. The molecule has 0 bridgehead atoms. The molecule has 1 aromatic heterocycles. The van der Waals surface area contributed by atoms with Gasteiger partial charge in [0, 0.05) is 4.83 Å². The van der Waals surface area contributed by atoms with Crippen molar-refractivity contribution in [2.75, 3.05) is 0 Å². The van der Waals surface area contributed by atoms with Gasteiger partial charge in [0.1, 0.15) is 0 Å². The summed E-state index contributed by atoms with van der Waals surface area (Å²) in [5.41, 5.74) is 1.17. The van der Waals surface area contributed by atoms with Gasteiger partial charge in [0.25, 0.3) is 0 Å². The smallest absolute Gasteiger partial charge is 0.0746 e. The van der Waals surface area contributed by atoms with E-state index >= 15 is 0 Å². The summed E-state index contributed by atoms with van der Waals surface area (Å²) in [6.45, 7) is 0. The van der Waals surface area contributed by atoms with Crippen LogP contribution in [0.3, 0.4) is 0 Å². The molecular formula is C10H15BrN2S. The summed E-state index contributed by atoms with van der Waals surface area (Å²) >= 11 is 5.12. The zero-order valence-corrected chi connectivity index (χ0v) is 10.6. The third-order valence-electron chi connectivity index (χ3n) is 2.94. The van der Waals surface area contributed by atoms with Crippen molar-refractivity contribution in [1.29, 1.82) is 0 Å². The van der Waals surface area contributed by atoms with Gasteiger partial charge in [0.2, 0.25) is 0 Å². The molecule has 2 atom stereocenters. The summed E-state index contributed by atoms with van der Waals surface area (Å²) in [5.74, 6) is 0.765. The summed E-state index contributed by atoms with van der Waals surface area (Å²) in [5, 5.41) is 0. The number of rotatable bonds is 2. The van der Waals surface area contributed by atoms with Crippen molar-refractivity contribution in [3.63, 3.8) is 0 Å². The summed E-state index contributed by atoms with van der Waals surface area (Å²) < 4.78 is 8.34. The van der Waals surface area contributed by atoms with Crippen LogP contribution in [0.4, 0.5) is 0 Å². The molecular weight excluding hydrogens is 260 g/mol. The largest absolute Gasteiger partial charge is 0.181 e. The second-order valence-electron chi connectivity index (χ2n) is 4.02. The molecule has 4 heteroatoms. The molecule has 1 fully saturated rings. The van der Waals surface area contributed by atoms with Gasteiger partial charge in [-0.25, -0.2) is 0 Å². The number of halogens is 1. The molecule has 1 saturated carbocycles. The van der Waals surface area contributed by atoms with E-state index in [-0.39, 0.29) is 0 Å². The number of nitrogens with zero attached hydrogens (tertiary/aromatic N) is 2. The third kappa shape index (κ3) is 2.76. The van der Waals surface area contributed by atoms with Crippen LogP contribution in [0.5, 0.6) is 0 Å². The Morgan fingerprint density at radius 1 is 1.36 bits per heavy atom. The van der Waals surface area contributed by atoms with Crippen LogP contribution < -0.4 is 0 Å². The molecule has 1 aliphatic carbocycles. The van der Waals surface area contributed by atoms with Gasteiger partial charge in [0.15, 0.2) is 0 Å². The maximum absolute atomic E-state index is 4.29. The fraction of sp³-hybridized carbons (Fsp3) is 0.800. The van der Waals surface area contributed by atoms with Gasteiger partial charge < -0.3 is 0 Å². The molecule has 0 aromatic carbocycles. The van der Waals surface area contributed by atoms with E-state index in [9.17, 15) is 0 Å². The van der Waals surface area contributed by atoms with Crippen LogP contribution in [0.2, 0.25) is 0 Å². The average molecular weight is 275 g/mol. The number of alkyl halides is 1. The molecule has 0 N–H and O–H groups in total. The highest BCUT2D eigenvalue weighted by Crippen LogP contribution is 2.30. The average Bonchev–Trinajstić information content (AvgIpc) is 2.60. The number of hydrogen-bond donors (Lipinski definition) is 0. The summed E-state index contributed by atoms with van der Waals surface area (Å²) in [7, 11) is 0. The van der Waals surface area contributed by atoms with Crippen LogP contribution in [0, 0.1) is 5.92 Å². The van der Waals surface area contributed by atoms with E-state index in [1.807, 2.05) is 6.20 Å². The van der Waals surface area contributed by atoms with Gasteiger partial charge in [0.05, 0.1) is 23.6 Å². The standard InChI is InChI=1S/C10H15BrN2S/c11-10-5-3-1-2-4-8(10)6-9-7-12-14-13-9/h7-8,10H,1-6H2. The highest BCUT2D eigenvalue weighted by molar-refractivity contribution is 9.09. The zero-order valence-electron chi connectivity index (χ0n) is 8.16. The van der Waals surface area contributed by atoms with E-state index in [1.165, 1.54) is 49.5 Å². The van der Waals surface area contributed by atoms with Crippen LogP contribution in [-0.2, 0) is 6.42 Å². The Labute approximate surface area is 97.6 Å². The molecule has 0 spiro atoms. The molecule has 2 rings (SSSR count). The van der Waals surface area contributed by atoms with Gasteiger partial charge >= 0.3 is 0 Å². The number of aromatic nitrogens is 2. The van der Waals surface area contributed by atoms with Crippen molar-refractivity contribution in [2.24, 2.45) is 5.92 Å². The van der Waals surface area contributed by atoms with Crippen molar-refractivity contribution in [3.05, 3.63) is 11.9 Å². The molecule has 2 nitrogen and oxygen atoms in total. The molecule has 1 aliphatic rings. The second-order valence-corrected chi connectivity index (χ2v) is 5.75. The molecule has 78 valence electrons. The van der Waals surface area contributed by atoms with Crippen LogP contribution in [0.25, 0.3) is 0 Å². The summed E-state index contributed by atoms with van der Waals surface area (Å²) in [6.07, 6.45) is 9.83. The maximum Gasteiger partial charge on any atom is 0.0746 e. The highest BCUT2D eigenvalue weighted by atomic mass is 79.9. The molecule has 0 saturated heterocycles. The van der Waals surface area contributed by atoms with Gasteiger partial charge in [-0.2, -0.15) is 8.75 Å². The van der Waals surface area contributed by atoms with Crippen molar-refractivity contribution >= 4 is 27.7 Å². The Morgan fingerprint density at radius 3 is 3.00 bits per heavy atom. The van der Waals surface area contributed by atoms with E-state index < -0.39 is 0 Å². The lowest BCUT2D eigenvalue weighted by molar-refractivity contribution is 0.472. The van der Waals surface area contributed by atoms with Crippen LogP contribution in [0.1, 0.15) is 37.8 Å². The van der Waals surface area contributed by atoms with Crippen LogP contribution >= 0.6 is 27.7 Å². The molecule has 1 heterocycles. The minimum Gasteiger partial charge on any atom is -0.181 e. The second kappa shape index (κ2) is 5.21. The minimum atomic E-state index is 0.687. The van der Waals surface area contributed by atoms with Crippen molar-refractivity contribution in [2.45, 2.75) is 43.4 Å². The first kappa shape index (κ1) is 10.6. The lowest BCUT2D eigenvalue weighted by Gasteiger charge is -2.18. The Kier molecular flexibility index (Phi) is 3.93. The van der Waals surface area contributed by atoms with E-state index in [0.717, 1.165) is 12.3 Å². The number of hydrogen-bond acceptors (Lipinski definition) is 3. The predicted octanol–water partition coefficient (Wildman–Crippen LogP) is 3.42. The highest BCUT2D eigenvalue weighted by Gasteiger charge is 2.22. The lowest BCUT2D eigenvalue weighted by Crippen LogP contribution is -2.15. The fourth-order valence-electron chi connectivity index (χ4n) is 2.11. The molecule has 0 amide bonds. The van der Waals surface area contributed by atoms with Gasteiger partial charge in [-0.15, -0.1) is 0 Å². The van der Waals surface area contributed by atoms with E-state index in [1.54, 1.807) is 0 Å². The molecule has 1 aromatic rings. The molecule has 0 aliphatic heterocycles. The van der Waals surface area contributed by atoms with E-state index in [0.29, 0.717) is 4.83 Å². The SMILES string of the molecule is BrC1CCCCCC1Cc1cnsn1. The Bertz CT molecular complexity index is 263. The Hall–Kier alpha value is 0.0400. The van der Waals surface area contributed by atoms with Gasteiger partial charge in [-0.1, -0.05) is 35.2 Å². The predicted molar refractivity (Wildman–Crippen MR) is 62.9 cm³/mol. The van der Waals surface area contributed by atoms with E-state index in [2.05, 4.69) is 24.7 Å². The third-order valence-corrected chi connectivity index (χ3v) is 4.67. The first-order chi connectivity index (χ1) is 6.86. The first-order valence-corrected chi connectivity index (χ1v) is 6.91. The van der Waals surface area contributed by atoms with Crippen LogP contribution in [0.15, 0.2) is 6.20 Å².